The number of nitrogens with one attached hydrogen (secondary N) is 1. The lowest BCUT2D eigenvalue weighted by molar-refractivity contribution is -0.359. The van der Waals surface area contributed by atoms with E-state index in [9.17, 15) is 45.6 Å². The molecule has 0 radical (unpaired) electrons. The molecule has 12 atom stereocenters. The van der Waals surface area contributed by atoms with E-state index in [0.717, 1.165) is 122 Å². The van der Waals surface area contributed by atoms with E-state index in [-0.39, 0.29) is 18.9 Å². The number of aliphatic hydroxyl groups is 8. The van der Waals surface area contributed by atoms with E-state index < -0.39 is 86.8 Å². The fraction of sp³-hybridized carbons (Fsp3) is 0.585. The summed E-state index contributed by atoms with van der Waals surface area (Å²) in [6, 6.07) is -0.946. The number of carbonyl (C=O) groups is 1. The molecule has 2 heterocycles. The Bertz CT molecular complexity index is 1930. The summed E-state index contributed by atoms with van der Waals surface area (Å²) in [5, 5.41) is 86.4. The third kappa shape index (κ3) is 33.8. The van der Waals surface area contributed by atoms with Gasteiger partial charge in [-0.1, -0.05) is 191 Å². The van der Waals surface area contributed by atoms with Crippen molar-refractivity contribution in [3.05, 3.63) is 158 Å². The second-order valence-corrected chi connectivity index (χ2v) is 19.7. The second-order valence-electron chi connectivity index (χ2n) is 19.7. The molecule has 0 bridgehead atoms. The van der Waals surface area contributed by atoms with Crippen molar-refractivity contribution < 1.29 is 64.6 Å². The van der Waals surface area contributed by atoms with Crippen molar-refractivity contribution >= 4 is 5.91 Å². The molecule has 14 nitrogen and oxygen atoms in total. The normalized spacial score (nSPS) is 25.6. The van der Waals surface area contributed by atoms with E-state index in [2.05, 4.69) is 165 Å². The summed E-state index contributed by atoms with van der Waals surface area (Å²) in [6.45, 7) is 2.51. The fourth-order valence-corrected chi connectivity index (χ4v) is 8.27. The van der Waals surface area contributed by atoms with Crippen molar-refractivity contribution in [2.75, 3.05) is 19.8 Å². The van der Waals surface area contributed by atoms with Crippen LogP contribution in [-0.4, -0.2) is 140 Å². The molecule has 2 rings (SSSR count). The van der Waals surface area contributed by atoms with Crippen molar-refractivity contribution in [2.24, 2.45) is 0 Å². The average Bonchev–Trinajstić information content (AvgIpc) is 3.47. The Morgan fingerprint density at radius 1 is 0.468 bits per heavy atom. The predicted molar refractivity (Wildman–Crippen MR) is 317 cm³/mol. The smallest absolute Gasteiger partial charge is 0.220 e. The maximum absolute atomic E-state index is 13.1. The molecular formula is C65H101NO13. The highest BCUT2D eigenvalue weighted by Gasteiger charge is 2.51. The first-order chi connectivity index (χ1) is 38.6. The van der Waals surface area contributed by atoms with Gasteiger partial charge in [-0.25, -0.2) is 0 Å². The lowest BCUT2D eigenvalue weighted by Gasteiger charge is -2.46. The van der Waals surface area contributed by atoms with Gasteiger partial charge in [0.05, 0.1) is 32.0 Å². The van der Waals surface area contributed by atoms with Crippen molar-refractivity contribution in [1.82, 2.24) is 5.32 Å². The Labute approximate surface area is 474 Å². The van der Waals surface area contributed by atoms with Crippen LogP contribution in [0.1, 0.15) is 149 Å². The number of amides is 1. The minimum absolute atomic E-state index is 0.213. The van der Waals surface area contributed by atoms with Gasteiger partial charge >= 0.3 is 0 Å². The first kappa shape index (κ1) is 70.7. The SMILES string of the molecule is CC/C=C\C/C=C\C/C=C\C/C=C\C/C=C\C/C=C\C/C=C\C/C=C\C/C=C\C/C=C\C/C=C\C/C=C\CCCCC(=O)NC(COC1OC(CO)C(OC2OC(CO)C(O)C(O)C2O)C(O)C1O)C(O)/C=C/CCCCCC. The number of ether oxygens (including phenoxy) is 4. The Morgan fingerprint density at radius 2 is 0.873 bits per heavy atom. The van der Waals surface area contributed by atoms with Gasteiger partial charge in [0, 0.05) is 6.42 Å². The third-order valence-electron chi connectivity index (χ3n) is 13.0. The quantitative estimate of drug-likeness (QED) is 0.0205. The monoisotopic (exact) mass is 1100 g/mol. The van der Waals surface area contributed by atoms with Crippen LogP contribution >= 0.6 is 0 Å². The summed E-state index contributed by atoms with van der Waals surface area (Å²) >= 11 is 0. The lowest BCUT2D eigenvalue weighted by Crippen LogP contribution is -2.65. The van der Waals surface area contributed by atoms with Gasteiger partial charge in [-0.3, -0.25) is 4.79 Å². The zero-order chi connectivity index (χ0) is 57.4. The van der Waals surface area contributed by atoms with E-state index in [1.54, 1.807) is 6.08 Å². The first-order valence-corrected chi connectivity index (χ1v) is 29.2. The van der Waals surface area contributed by atoms with E-state index in [1.165, 1.54) is 0 Å². The Kier molecular flexibility index (Phi) is 43.3. The number of hydrogen-bond donors (Lipinski definition) is 9. The molecule has 0 aliphatic carbocycles. The molecule has 0 aromatic carbocycles. The van der Waals surface area contributed by atoms with Crippen LogP contribution in [0.2, 0.25) is 0 Å². The van der Waals surface area contributed by atoms with Crippen molar-refractivity contribution in [1.29, 1.82) is 0 Å². The highest BCUT2D eigenvalue weighted by Crippen LogP contribution is 2.30. The number of rotatable bonds is 43. The molecule has 2 aliphatic heterocycles. The Morgan fingerprint density at radius 3 is 1.32 bits per heavy atom. The predicted octanol–water partition coefficient (Wildman–Crippen LogP) is 9.94. The number of unbranched alkanes of at least 4 members (excludes halogenated alkanes) is 6. The molecule has 2 aliphatic rings. The van der Waals surface area contributed by atoms with Crippen LogP contribution in [0.3, 0.4) is 0 Å². The van der Waals surface area contributed by atoms with E-state index in [0.29, 0.717) is 6.42 Å². The van der Waals surface area contributed by atoms with Crippen molar-refractivity contribution in [2.45, 2.75) is 222 Å². The summed E-state index contributed by atoms with van der Waals surface area (Å²) in [6.07, 6.45) is 57.8. The van der Waals surface area contributed by atoms with Crippen LogP contribution in [0.25, 0.3) is 0 Å². The molecule has 0 aromatic rings. The largest absolute Gasteiger partial charge is 0.394 e. The molecule has 9 N–H and O–H groups in total. The van der Waals surface area contributed by atoms with Crippen molar-refractivity contribution in [3.8, 4) is 0 Å². The number of hydrogen-bond acceptors (Lipinski definition) is 13. The van der Waals surface area contributed by atoms with Crippen molar-refractivity contribution in [3.63, 3.8) is 0 Å². The van der Waals surface area contributed by atoms with Crippen LogP contribution in [-0.2, 0) is 23.7 Å². The molecule has 79 heavy (non-hydrogen) atoms. The first-order valence-electron chi connectivity index (χ1n) is 29.2. The second kappa shape index (κ2) is 48.3. The van der Waals surface area contributed by atoms with Gasteiger partial charge in [0.1, 0.15) is 48.8 Å². The van der Waals surface area contributed by atoms with Gasteiger partial charge in [-0.05, 0) is 109 Å². The van der Waals surface area contributed by atoms with Gasteiger partial charge < -0.3 is 65.1 Å². The van der Waals surface area contributed by atoms with E-state index in [4.69, 9.17) is 18.9 Å². The molecular weight excluding hydrogens is 1000 g/mol. The summed E-state index contributed by atoms with van der Waals surface area (Å²) in [5.74, 6) is -0.296. The molecule has 0 aromatic heterocycles. The van der Waals surface area contributed by atoms with Crippen LogP contribution in [0.15, 0.2) is 158 Å². The maximum atomic E-state index is 13.1. The minimum atomic E-state index is -1.80. The lowest BCUT2D eigenvalue weighted by atomic mass is 9.97. The summed E-state index contributed by atoms with van der Waals surface area (Å²) in [5.41, 5.74) is 0. The van der Waals surface area contributed by atoms with Crippen LogP contribution in [0.4, 0.5) is 0 Å². The highest BCUT2D eigenvalue weighted by atomic mass is 16.7. The number of carbonyl (C=O) groups excluding carboxylic acids is 1. The van der Waals surface area contributed by atoms with E-state index >= 15 is 0 Å². The van der Waals surface area contributed by atoms with Gasteiger partial charge in [-0.15, -0.1) is 0 Å². The molecule has 1 amide bonds. The minimum Gasteiger partial charge on any atom is -0.394 e. The highest BCUT2D eigenvalue weighted by molar-refractivity contribution is 5.76. The van der Waals surface area contributed by atoms with Gasteiger partial charge in [0.25, 0.3) is 0 Å². The molecule has 2 saturated heterocycles. The zero-order valence-electron chi connectivity index (χ0n) is 47.5. The Balaban J connectivity index is 1.62. The standard InChI is InChI=1S/C65H101NO13/c1-3-5-7-9-11-12-13-14-15-16-17-18-19-20-21-22-23-24-25-26-27-28-29-30-31-32-33-34-35-36-37-38-39-40-41-42-43-45-47-49-57(70)66-53(54(69)48-46-44-10-8-6-4-2)52-76-64-62(75)60(73)63(56(51-68)78-64)79-65-61(74)59(72)58(71)55(50-67)77-65/h5,7,11-12,14-15,17-18,20-21,23-24,26-27,29-30,32-33,35-36,38-39,41-42,46,48,53-56,58-65,67-69,71-75H,3-4,6,8-10,13,16,19,22,25,28,31,34,37,40,43-45,47,49-52H2,1-2H3,(H,66,70)/b7-5-,12-11-,15-14-,18-17-,21-20-,24-23-,27-26-,30-29-,33-32-,36-35-,39-38-,42-41-,48-46+. The van der Waals surface area contributed by atoms with Gasteiger partial charge in [0.2, 0.25) is 5.91 Å². The number of aliphatic hydroxyl groups excluding tert-OH is 8. The Hall–Kier alpha value is -4.39. The summed E-state index contributed by atoms with van der Waals surface area (Å²) in [4.78, 5) is 13.1. The molecule has 0 saturated carbocycles. The third-order valence-corrected chi connectivity index (χ3v) is 13.0. The molecule has 14 heteroatoms. The topological polar surface area (TPSA) is 228 Å². The number of allylic oxidation sites excluding steroid dienone is 25. The van der Waals surface area contributed by atoms with Gasteiger partial charge in [-0.2, -0.15) is 0 Å². The fourth-order valence-electron chi connectivity index (χ4n) is 8.27. The van der Waals surface area contributed by atoms with Gasteiger partial charge in [0.15, 0.2) is 12.6 Å². The summed E-state index contributed by atoms with van der Waals surface area (Å²) in [7, 11) is 0. The summed E-state index contributed by atoms with van der Waals surface area (Å²) < 4.78 is 22.6. The molecule has 12 unspecified atom stereocenters. The average molecular weight is 1100 g/mol. The zero-order valence-corrected chi connectivity index (χ0v) is 47.5. The maximum Gasteiger partial charge on any atom is 0.220 e. The van der Waals surface area contributed by atoms with Crippen LogP contribution < -0.4 is 5.32 Å². The van der Waals surface area contributed by atoms with E-state index in [1.807, 2.05) is 6.08 Å². The van der Waals surface area contributed by atoms with Crippen LogP contribution in [0.5, 0.6) is 0 Å². The van der Waals surface area contributed by atoms with Crippen LogP contribution in [0, 0.1) is 0 Å². The molecule has 444 valence electrons. The molecule has 0 spiro atoms. The molecule has 2 fully saturated rings.